The second kappa shape index (κ2) is 3.85. The van der Waals surface area contributed by atoms with E-state index in [0.717, 1.165) is 6.07 Å². The normalized spacial score (nSPS) is 10.6. The maximum atomic E-state index is 13.4. The van der Waals surface area contributed by atoms with Crippen LogP contribution in [0.1, 0.15) is 6.92 Å². The summed E-state index contributed by atoms with van der Waals surface area (Å²) in [5.41, 5.74) is 0. The SMILES string of the molecule is CCOc1ccc2ccc(F)c(F)c2c1. The van der Waals surface area contributed by atoms with Gasteiger partial charge in [0.2, 0.25) is 0 Å². The Hall–Kier alpha value is -1.64. The predicted octanol–water partition coefficient (Wildman–Crippen LogP) is 3.52. The van der Waals surface area contributed by atoms with Gasteiger partial charge in [0.05, 0.1) is 6.61 Å². The second-order valence-electron chi connectivity index (χ2n) is 3.18. The van der Waals surface area contributed by atoms with E-state index in [1.54, 1.807) is 18.2 Å². The molecule has 0 aromatic heterocycles. The fraction of sp³-hybridized carbons (Fsp3) is 0.167. The van der Waals surface area contributed by atoms with Gasteiger partial charge in [-0.1, -0.05) is 12.1 Å². The van der Waals surface area contributed by atoms with Gasteiger partial charge in [-0.3, -0.25) is 0 Å². The first-order chi connectivity index (χ1) is 7.22. The number of rotatable bonds is 2. The Morgan fingerprint density at radius 3 is 2.60 bits per heavy atom. The van der Waals surface area contributed by atoms with Crippen LogP contribution >= 0.6 is 0 Å². The molecule has 0 saturated heterocycles. The number of fused-ring (bicyclic) bond motifs is 1. The fourth-order valence-electron chi connectivity index (χ4n) is 1.49. The number of hydrogen-bond acceptors (Lipinski definition) is 1. The van der Waals surface area contributed by atoms with Crippen LogP contribution in [0, 0.1) is 11.6 Å². The van der Waals surface area contributed by atoms with Crippen LogP contribution in [0.25, 0.3) is 10.8 Å². The van der Waals surface area contributed by atoms with Crippen LogP contribution in [-0.4, -0.2) is 6.61 Å². The minimum Gasteiger partial charge on any atom is -0.494 e. The zero-order valence-corrected chi connectivity index (χ0v) is 8.26. The first kappa shape index (κ1) is 9.90. The predicted molar refractivity (Wildman–Crippen MR) is 55.0 cm³/mol. The molecule has 0 fully saturated rings. The van der Waals surface area contributed by atoms with Crippen molar-refractivity contribution >= 4 is 10.8 Å². The molecular formula is C12H10F2O. The maximum Gasteiger partial charge on any atom is 0.166 e. The van der Waals surface area contributed by atoms with Gasteiger partial charge in [-0.25, -0.2) is 8.78 Å². The molecule has 0 atom stereocenters. The first-order valence-corrected chi connectivity index (χ1v) is 4.73. The van der Waals surface area contributed by atoms with Crippen molar-refractivity contribution in [2.45, 2.75) is 6.92 Å². The van der Waals surface area contributed by atoms with Crippen LogP contribution in [0.2, 0.25) is 0 Å². The van der Waals surface area contributed by atoms with Gasteiger partial charge in [-0.05, 0) is 30.5 Å². The Morgan fingerprint density at radius 2 is 1.87 bits per heavy atom. The van der Waals surface area contributed by atoms with E-state index in [2.05, 4.69) is 0 Å². The summed E-state index contributed by atoms with van der Waals surface area (Å²) < 4.78 is 31.6. The van der Waals surface area contributed by atoms with E-state index in [4.69, 9.17) is 4.74 Å². The summed E-state index contributed by atoms with van der Waals surface area (Å²) >= 11 is 0. The topological polar surface area (TPSA) is 9.23 Å². The molecule has 3 heteroatoms. The number of ether oxygens (including phenoxy) is 1. The minimum absolute atomic E-state index is 0.251. The molecule has 0 aliphatic carbocycles. The second-order valence-corrected chi connectivity index (χ2v) is 3.18. The van der Waals surface area contributed by atoms with Crippen LogP contribution in [0.4, 0.5) is 8.78 Å². The maximum absolute atomic E-state index is 13.4. The number of hydrogen-bond donors (Lipinski definition) is 0. The molecule has 0 spiro atoms. The third-order valence-corrected chi connectivity index (χ3v) is 2.19. The lowest BCUT2D eigenvalue weighted by Crippen LogP contribution is -1.92. The first-order valence-electron chi connectivity index (χ1n) is 4.73. The Morgan fingerprint density at radius 1 is 1.13 bits per heavy atom. The van der Waals surface area contributed by atoms with Crippen LogP contribution in [0.3, 0.4) is 0 Å². The molecule has 0 unspecified atom stereocenters. The minimum atomic E-state index is -0.837. The fourth-order valence-corrected chi connectivity index (χ4v) is 1.49. The van der Waals surface area contributed by atoms with Crippen molar-refractivity contribution in [1.82, 2.24) is 0 Å². The van der Waals surface area contributed by atoms with E-state index >= 15 is 0 Å². The summed E-state index contributed by atoms with van der Waals surface area (Å²) in [5, 5.41) is 0.915. The highest BCUT2D eigenvalue weighted by molar-refractivity contribution is 5.84. The van der Waals surface area contributed by atoms with Crippen LogP contribution in [0.5, 0.6) is 5.75 Å². The van der Waals surface area contributed by atoms with E-state index < -0.39 is 11.6 Å². The summed E-state index contributed by atoms with van der Waals surface area (Å²) in [6, 6.07) is 7.63. The van der Waals surface area contributed by atoms with Gasteiger partial charge >= 0.3 is 0 Å². The molecule has 0 amide bonds. The van der Waals surface area contributed by atoms with E-state index in [9.17, 15) is 8.78 Å². The lowest BCUT2D eigenvalue weighted by molar-refractivity contribution is 0.340. The summed E-state index contributed by atoms with van der Waals surface area (Å²) in [6.07, 6.45) is 0. The van der Waals surface area contributed by atoms with Gasteiger partial charge in [-0.2, -0.15) is 0 Å². The largest absolute Gasteiger partial charge is 0.494 e. The van der Waals surface area contributed by atoms with Crippen molar-refractivity contribution in [1.29, 1.82) is 0 Å². The van der Waals surface area contributed by atoms with E-state index in [0.29, 0.717) is 17.7 Å². The zero-order chi connectivity index (χ0) is 10.8. The molecule has 2 rings (SSSR count). The third-order valence-electron chi connectivity index (χ3n) is 2.19. The molecule has 78 valence electrons. The molecule has 0 N–H and O–H groups in total. The highest BCUT2D eigenvalue weighted by Crippen LogP contribution is 2.24. The highest BCUT2D eigenvalue weighted by Gasteiger charge is 2.07. The molecule has 0 bridgehead atoms. The van der Waals surface area contributed by atoms with E-state index in [1.807, 2.05) is 6.92 Å². The van der Waals surface area contributed by atoms with E-state index in [1.165, 1.54) is 6.07 Å². The Balaban J connectivity index is 2.63. The Kier molecular flexibility index (Phi) is 2.54. The molecule has 0 aliphatic heterocycles. The van der Waals surface area contributed by atoms with Crippen molar-refractivity contribution in [2.75, 3.05) is 6.61 Å². The van der Waals surface area contributed by atoms with E-state index in [-0.39, 0.29) is 5.39 Å². The molecule has 2 aromatic carbocycles. The average Bonchev–Trinajstić information content (AvgIpc) is 2.25. The molecule has 0 aliphatic rings. The van der Waals surface area contributed by atoms with Gasteiger partial charge in [-0.15, -0.1) is 0 Å². The highest BCUT2D eigenvalue weighted by atomic mass is 19.2. The summed E-state index contributed by atoms with van der Waals surface area (Å²) in [4.78, 5) is 0. The molecular weight excluding hydrogens is 198 g/mol. The lowest BCUT2D eigenvalue weighted by Gasteiger charge is -2.05. The summed E-state index contributed by atoms with van der Waals surface area (Å²) in [5.74, 6) is -1.11. The molecule has 0 heterocycles. The number of benzene rings is 2. The molecule has 15 heavy (non-hydrogen) atoms. The van der Waals surface area contributed by atoms with Gasteiger partial charge in [0.15, 0.2) is 11.6 Å². The van der Waals surface area contributed by atoms with Crippen molar-refractivity contribution in [2.24, 2.45) is 0 Å². The van der Waals surface area contributed by atoms with Crippen molar-refractivity contribution in [3.63, 3.8) is 0 Å². The van der Waals surface area contributed by atoms with Crippen molar-refractivity contribution < 1.29 is 13.5 Å². The standard InChI is InChI=1S/C12H10F2O/c1-2-15-9-5-3-8-4-6-11(13)12(14)10(8)7-9/h3-7H,2H2,1H3. The Labute approximate surface area is 86.3 Å². The quantitative estimate of drug-likeness (QED) is 0.733. The molecule has 0 saturated carbocycles. The average molecular weight is 208 g/mol. The van der Waals surface area contributed by atoms with Gasteiger partial charge < -0.3 is 4.74 Å². The molecule has 0 radical (unpaired) electrons. The summed E-state index contributed by atoms with van der Waals surface area (Å²) in [7, 11) is 0. The van der Waals surface area contributed by atoms with Crippen molar-refractivity contribution in [3.05, 3.63) is 42.0 Å². The molecule has 1 nitrogen and oxygen atoms in total. The Bertz CT molecular complexity index is 494. The van der Waals surface area contributed by atoms with Gasteiger partial charge in [0, 0.05) is 5.39 Å². The molecule has 2 aromatic rings. The van der Waals surface area contributed by atoms with Gasteiger partial charge in [0.25, 0.3) is 0 Å². The van der Waals surface area contributed by atoms with Crippen LogP contribution in [0.15, 0.2) is 30.3 Å². The lowest BCUT2D eigenvalue weighted by atomic mass is 10.1. The van der Waals surface area contributed by atoms with Crippen molar-refractivity contribution in [3.8, 4) is 5.75 Å². The van der Waals surface area contributed by atoms with Gasteiger partial charge in [0.1, 0.15) is 5.75 Å². The van der Waals surface area contributed by atoms with Crippen LogP contribution in [-0.2, 0) is 0 Å². The number of halogens is 2. The smallest absolute Gasteiger partial charge is 0.166 e. The van der Waals surface area contributed by atoms with Crippen LogP contribution < -0.4 is 4.74 Å². The third kappa shape index (κ3) is 1.77. The monoisotopic (exact) mass is 208 g/mol. The zero-order valence-electron chi connectivity index (χ0n) is 8.26. The summed E-state index contributed by atoms with van der Waals surface area (Å²) in [6.45, 7) is 2.34.